The zero-order valence-electron chi connectivity index (χ0n) is 19.8. The summed E-state index contributed by atoms with van der Waals surface area (Å²) < 4.78 is 31.7. The van der Waals surface area contributed by atoms with Crippen molar-refractivity contribution in [2.75, 3.05) is 53.5 Å². The lowest BCUT2D eigenvalue weighted by molar-refractivity contribution is -0.140. The van der Waals surface area contributed by atoms with Crippen molar-refractivity contribution in [2.24, 2.45) is 0 Å². The number of carbonyl (C=O) groups excluding carboxylic acids is 2. The minimum atomic E-state index is -3.76. The Morgan fingerprint density at radius 3 is 2.37 bits per heavy atom. The summed E-state index contributed by atoms with van der Waals surface area (Å²) in [5, 5.41) is 11.2. The van der Waals surface area contributed by atoms with E-state index in [4.69, 9.17) is 4.74 Å². The zero-order chi connectivity index (χ0) is 25.2. The van der Waals surface area contributed by atoms with E-state index in [9.17, 15) is 23.1 Å². The molecule has 1 N–H and O–H groups in total. The van der Waals surface area contributed by atoms with Gasteiger partial charge in [0.15, 0.2) is 0 Å². The highest BCUT2D eigenvalue weighted by Crippen LogP contribution is 2.39. The predicted molar refractivity (Wildman–Crippen MR) is 130 cm³/mol. The third kappa shape index (κ3) is 5.01. The van der Waals surface area contributed by atoms with E-state index in [1.807, 2.05) is 18.2 Å². The van der Waals surface area contributed by atoms with Gasteiger partial charge in [-0.15, -0.1) is 0 Å². The smallest absolute Gasteiger partial charge is 0.295 e. The lowest BCUT2D eigenvalue weighted by Crippen LogP contribution is -2.42. The first-order chi connectivity index (χ1) is 16.7. The van der Waals surface area contributed by atoms with Gasteiger partial charge in [-0.2, -0.15) is 0 Å². The number of carbonyl (C=O) groups is 2. The van der Waals surface area contributed by atoms with Crippen molar-refractivity contribution in [3.8, 4) is 0 Å². The number of benzene rings is 2. The Bertz CT molecular complexity index is 1240. The second kappa shape index (κ2) is 10.3. The molecule has 0 aromatic heterocycles. The Kier molecular flexibility index (Phi) is 7.36. The van der Waals surface area contributed by atoms with Crippen LogP contribution in [0.1, 0.15) is 17.2 Å². The highest BCUT2D eigenvalue weighted by Gasteiger charge is 2.46. The molecule has 35 heavy (non-hydrogen) atoms. The number of ketones is 1. The normalized spacial score (nSPS) is 21.1. The first kappa shape index (κ1) is 25.1. The van der Waals surface area contributed by atoms with Crippen molar-refractivity contribution >= 4 is 27.5 Å². The lowest BCUT2D eigenvalue weighted by atomic mass is 9.95. The van der Waals surface area contributed by atoms with Gasteiger partial charge in [-0.1, -0.05) is 42.5 Å². The van der Waals surface area contributed by atoms with Crippen LogP contribution in [-0.4, -0.2) is 92.8 Å². The van der Waals surface area contributed by atoms with Gasteiger partial charge in [0.2, 0.25) is 10.0 Å². The fourth-order valence-electron chi connectivity index (χ4n) is 4.34. The fraction of sp³-hybridized carbons (Fsp3) is 0.360. The number of hydrogen-bond donors (Lipinski definition) is 1. The molecule has 1 atom stereocenters. The number of morpholine rings is 1. The van der Waals surface area contributed by atoms with Gasteiger partial charge in [-0.25, -0.2) is 12.7 Å². The van der Waals surface area contributed by atoms with Gasteiger partial charge in [-0.05, 0) is 17.7 Å². The Morgan fingerprint density at radius 2 is 1.71 bits per heavy atom. The molecule has 1 amide bonds. The zero-order valence-corrected chi connectivity index (χ0v) is 20.6. The van der Waals surface area contributed by atoms with Crippen molar-refractivity contribution in [1.82, 2.24) is 14.1 Å². The van der Waals surface area contributed by atoms with Crippen LogP contribution in [0.2, 0.25) is 0 Å². The summed E-state index contributed by atoms with van der Waals surface area (Å²) in [5.41, 5.74) is 0.787. The molecule has 10 heteroatoms. The number of aliphatic hydroxyl groups is 1. The predicted octanol–water partition coefficient (Wildman–Crippen LogP) is 1.69. The van der Waals surface area contributed by atoms with Crippen LogP contribution in [0.15, 0.2) is 65.1 Å². The molecule has 0 spiro atoms. The SMILES string of the molecule is CN(C)S(=O)(=O)c1cccc(/C(O)=C2\C(=O)C(=O)N(CCN3CCOCC3)C2c2ccccc2)c1. The average molecular weight is 500 g/mol. The number of ether oxygens (including phenoxy) is 1. The summed E-state index contributed by atoms with van der Waals surface area (Å²) in [6, 6.07) is 14.0. The fourth-order valence-corrected chi connectivity index (χ4v) is 5.28. The van der Waals surface area contributed by atoms with Crippen molar-refractivity contribution in [3.63, 3.8) is 0 Å². The molecule has 2 aromatic carbocycles. The summed E-state index contributed by atoms with van der Waals surface area (Å²) in [4.78, 5) is 29.9. The number of Topliss-reactive ketones (excluding diaryl/α,β-unsaturated/α-hetero) is 1. The molecule has 0 aliphatic carbocycles. The van der Waals surface area contributed by atoms with Crippen molar-refractivity contribution < 1.29 is 27.9 Å². The van der Waals surface area contributed by atoms with Crippen molar-refractivity contribution in [2.45, 2.75) is 10.9 Å². The number of hydrogen-bond acceptors (Lipinski definition) is 7. The second-order valence-corrected chi connectivity index (χ2v) is 10.8. The maximum atomic E-state index is 13.2. The largest absolute Gasteiger partial charge is 0.507 e. The molecule has 2 aliphatic rings. The average Bonchev–Trinajstić information content (AvgIpc) is 3.13. The molecular formula is C25H29N3O6S. The molecule has 186 valence electrons. The first-order valence-corrected chi connectivity index (χ1v) is 12.8. The van der Waals surface area contributed by atoms with Gasteiger partial charge in [0, 0.05) is 45.8 Å². The number of rotatable bonds is 7. The molecule has 9 nitrogen and oxygen atoms in total. The van der Waals surface area contributed by atoms with Crippen LogP contribution < -0.4 is 0 Å². The molecule has 2 saturated heterocycles. The molecule has 0 radical (unpaired) electrons. The number of amides is 1. The third-order valence-electron chi connectivity index (χ3n) is 6.30. The van der Waals surface area contributed by atoms with Crippen LogP contribution in [0.3, 0.4) is 0 Å². The standard InChI is InChI=1S/C25H29N3O6S/c1-26(2)35(32,33)20-10-6-9-19(17-20)23(29)21-22(18-7-4-3-5-8-18)28(25(31)24(21)30)12-11-27-13-15-34-16-14-27/h3-10,17,22,29H,11-16H2,1-2H3/b23-21+. The van der Waals surface area contributed by atoms with Crippen LogP contribution in [0, 0.1) is 0 Å². The Balaban J connectivity index is 1.76. The van der Waals surface area contributed by atoms with Gasteiger partial charge in [0.25, 0.3) is 11.7 Å². The van der Waals surface area contributed by atoms with E-state index in [1.165, 1.54) is 43.3 Å². The van der Waals surface area contributed by atoms with Crippen molar-refractivity contribution in [1.29, 1.82) is 0 Å². The number of likely N-dealkylation sites (tertiary alicyclic amines) is 1. The van der Waals surface area contributed by atoms with Crippen molar-refractivity contribution in [3.05, 3.63) is 71.3 Å². The monoisotopic (exact) mass is 499 g/mol. The number of nitrogens with zero attached hydrogens (tertiary/aromatic N) is 3. The quantitative estimate of drug-likeness (QED) is 0.351. The maximum Gasteiger partial charge on any atom is 0.295 e. The van der Waals surface area contributed by atoms with E-state index in [-0.39, 0.29) is 16.0 Å². The highest BCUT2D eigenvalue weighted by atomic mass is 32.2. The van der Waals surface area contributed by atoms with E-state index in [1.54, 1.807) is 12.1 Å². The van der Waals surface area contributed by atoms with Gasteiger partial charge in [0.1, 0.15) is 5.76 Å². The lowest BCUT2D eigenvalue weighted by Gasteiger charge is -2.31. The summed E-state index contributed by atoms with van der Waals surface area (Å²) in [5.74, 6) is -1.88. The molecule has 0 saturated carbocycles. The van der Waals surface area contributed by atoms with E-state index in [2.05, 4.69) is 4.90 Å². The topological polar surface area (TPSA) is 107 Å². The van der Waals surface area contributed by atoms with Crippen LogP contribution in [0.5, 0.6) is 0 Å². The molecule has 1 unspecified atom stereocenters. The summed E-state index contributed by atoms with van der Waals surface area (Å²) in [7, 11) is -0.929. The van der Waals surface area contributed by atoms with E-state index >= 15 is 0 Å². The Morgan fingerprint density at radius 1 is 1.03 bits per heavy atom. The molecule has 2 heterocycles. The van der Waals surface area contributed by atoms with Crippen LogP contribution >= 0.6 is 0 Å². The Hall–Kier alpha value is -3.05. The van der Waals surface area contributed by atoms with Crippen LogP contribution in [0.25, 0.3) is 5.76 Å². The molecular weight excluding hydrogens is 470 g/mol. The molecule has 0 bridgehead atoms. The van der Waals surface area contributed by atoms with E-state index in [0.717, 1.165) is 17.4 Å². The summed E-state index contributed by atoms with van der Waals surface area (Å²) in [6.45, 7) is 3.59. The Labute approximate surface area is 205 Å². The van der Waals surface area contributed by atoms with Gasteiger partial charge in [-0.3, -0.25) is 14.5 Å². The second-order valence-electron chi connectivity index (χ2n) is 8.67. The first-order valence-electron chi connectivity index (χ1n) is 11.4. The maximum absolute atomic E-state index is 13.2. The molecule has 4 rings (SSSR count). The van der Waals surface area contributed by atoms with E-state index < -0.39 is 33.5 Å². The van der Waals surface area contributed by atoms with Gasteiger partial charge < -0.3 is 14.7 Å². The minimum absolute atomic E-state index is 0.0237. The highest BCUT2D eigenvalue weighted by molar-refractivity contribution is 7.89. The van der Waals surface area contributed by atoms with Gasteiger partial charge in [0.05, 0.1) is 29.7 Å². The number of sulfonamides is 1. The summed E-state index contributed by atoms with van der Waals surface area (Å²) >= 11 is 0. The third-order valence-corrected chi connectivity index (χ3v) is 8.11. The molecule has 2 fully saturated rings. The molecule has 2 aromatic rings. The van der Waals surface area contributed by atoms with Gasteiger partial charge >= 0.3 is 0 Å². The number of aliphatic hydroxyl groups excluding tert-OH is 1. The minimum Gasteiger partial charge on any atom is -0.507 e. The van der Waals surface area contributed by atoms with E-state index in [0.29, 0.717) is 31.9 Å². The summed E-state index contributed by atoms with van der Waals surface area (Å²) in [6.07, 6.45) is 0. The van der Waals surface area contributed by atoms with Crippen LogP contribution in [-0.2, 0) is 24.3 Å². The van der Waals surface area contributed by atoms with Crippen LogP contribution in [0.4, 0.5) is 0 Å². The molecule has 2 aliphatic heterocycles.